The molecule has 0 rings (SSSR count). The van der Waals surface area contributed by atoms with Crippen LogP contribution in [0.1, 0.15) is 26.7 Å². The first-order valence-electron chi connectivity index (χ1n) is 4.60. The van der Waals surface area contributed by atoms with Crippen LogP contribution in [0, 0.1) is 0 Å². The molecule has 16 heavy (non-hydrogen) atoms. The van der Waals surface area contributed by atoms with Crippen molar-refractivity contribution in [2.24, 2.45) is 0 Å². The number of nitrogens with one attached hydrogen (secondary N) is 1. The molecule has 0 aliphatic carbocycles. The van der Waals surface area contributed by atoms with Gasteiger partial charge in [0.2, 0.25) is 5.91 Å². The molecule has 1 atom stereocenters. The number of carbonyl (C=O) groups is 2. The average Bonchev–Trinajstić information content (AvgIpc) is 1.99. The van der Waals surface area contributed by atoms with Gasteiger partial charge in [-0.3, -0.25) is 4.79 Å². The van der Waals surface area contributed by atoms with Crippen LogP contribution < -0.4 is 40.0 Å². The summed E-state index contributed by atoms with van der Waals surface area (Å²) < 4.78 is 0. The molecule has 0 aliphatic rings. The minimum atomic E-state index is -1.34. The molecule has 1 amide bonds. The quantitative estimate of drug-likeness (QED) is 0.403. The first-order valence-corrected chi connectivity index (χ1v) is 4.60. The van der Waals surface area contributed by atoms with Gasteiger partial charge in [-0.1, -0.05) is 0 Å². The van der Waals surface area contributed by atoms with E-state index in [1.165, 1.54) is 13.8 Å². The van der Waals surface area contributed by atoms with Crippen LogP contribution in [0.25, 0.3) is 0 Å². The number of aliphatic hydroxyl groups excluding tert-OH is 1. The molecule has 7 heteroatoms. The third-order valence-corrected chi connectivity index (χ3v) is 1.62. The van der Waals surface area contributed by atoms with Gasteiger partial charge in [0.1, 0.15) is 6.10 Å². The maximum absolute atomic E-state index is 11.1. The van der Waals surface area contributed by atoms with E-state index >= 15 is 0 Å². The van der Waals surface area contributed by atoms with Crippen LogP contribution in [0.4, 0.5) is 0 Å². The molecule has 0 radical (unpaired) electrons. The van der Waals surface area contributed by atoms with E-state index in [1.807, 2.05) is 0 Å². The Hall–Kier alpha value is -0.140. The van der Waals surface area contributed by atoms with Gasteiger partial charge >= 0.3 is 29.6 Å². The number of carboxylic acids is 1. The zero-order chi connectivity index (χ0) is 12.1. The van der Waals surface area contributed by atoms with Crippen LogP contribution in [-0.2, 0) is 9.59 Å². The van der Waals surface area contributed by atoms with Crippen molar-refractivity contribution in [2.45, 2.75) is 38.4 Å². The summed E-state index contributed by atoms with van der Waals surface area (Å²) in [5, 5.41) is 30.8. The van der Waals surface area contributed by atoms with E-state index in [-0.39, 0.29) is 48.9 Å². The van der Waals surface area contributed by atoms with Crippen molar-refractivity contribution in [3.05, 3.63) is 0 Å². The predicted molar refractivity (Wildman–Crippen MR) is 49.6 cm³/mol. The molecule has 0 aromatic carbocycles. The van der Waals surface area contributed by atoms with Gasteiger partial charge < -0.3 is 25.4 Å². The largest absolute Gasteiger partial charge is 1.00 e. The second-order valence-electron chi connectivity index (χ2n) is 3.95. The van der Waals surface area contributed by atoms with Crippen LogP contribution in [0.15, 0.2) is 0 Å². The predicted octanol–water partition coefficient (Wildman–Crippen LogP) is -5.23. The number of aliphatic hydroxyl groups is 2. The van der Waals surface area contributed by atoms with Gasteiger partial charge in [-0.05, 0) is 13.8 Å². The normalized spacial score (nSPS) is 12.5. The first-order chi connectivity index (χ1) is 6.72. The molecule has 0 saturated heterocycles. The Balaban J connectivity index is 0. The van der Waals surface area contributed by atoms with Gasteiger partial charge in [0.25, 0.3) is 0 Å². The maximum atomic E-state index is 11.1. The monoisotopic (exact) mass is 241 g/mol. The van der Waals surface area contributed by atoms with Crippen molar-refractivity contribution >= 4 is 11.9 Å². The van der Waals surface area contributed by atoms with E-state index in [4.69, 9.17) is 0 Å². The molecule has 0 saturated carbocycles. The van der Waals surface area contributed by atoms with E-state index in [2.05, 4.69) is 5.32 Å². The topological polar surface area (TPSA) is 110 Å². The molecule has 0 aliphatic heterocycles. The SMILES string of the molecule is CC(C)(O)C[C@@H](O)C(=O)NCCC(=O)[O-].[Na+]. The second kappa shape index (κ2) is 8.03. The average molecular weight is 241 g/mol. The van der Waals surface area contributed by atoms with Gasteiger partial charge in [-0.15, -0.1) is 0 Å². The van der Waals surface area contributed by atoms with Crippen LogP contribution in [0.3, 0.4) is 0 Å². The molecule has 0 fully saturated rings. The third kappa shape index (κ3) is 10.4. The molecule has 0 unspecified atom stereocenters. The summed E-state index contributed by atoms with van der Waals surface area (Å²) in [7, 11) is 0. The van der Waals surface area contributed by atoms with E-state index in [0.29, 0.717) is 0 Å². The smallest absolute Gasteiger partial charge is 0.550 e. The summed E-state index contributed by atoms with van der Waals surface area (Å²) in [5.74, 6) is -1.97. The van der Waals surface area contributed by atoms with E-state index in [9.17, 15) is 24.9 Å². The summed E-state index contributed by atoms with van der Waals surface area (Å²) in [4.78, 5) is 21.1. The van der Waals surface area contributed by atoms with E-state index in [1.54, 1.807) is 0 Å². The van der Waals surface area contributed by atoms with Crippen LogP contribution in [0.2, 0.25) is 0 Å². The fourth-order valence-electron chi connectivity index (χ4n) is 0.971. The Labute approximate surface area is 116 Å². The van der Waals surface area contributed by atoms with Crippen molar-refractivity contribution < 1.29 is 54.5 Å². The molecule has 6 nitrogen and oxygen atoms in total. The van der Waals surface area contributed by atoms with Crippen LogP contribution in [0.5, 0.6) is 0 Å². The van der Waals surface area contributed by atoms with Gasteiger partial charge in [0, 0.05) is 25.4 Å². The molecule has 0 heterocycles. The Morgan fingerprint density at radius 1 is 1.44 bits per heavy atom. The van der Waals surface area contributed by atoms with Crippen molar-refractivity contribution in [1.82, 2.24) is 5.32 Å². The Morgan fingerprint density at radius 3 is 2.31 bits per heavy atom. The molecular weight excluding hydrogens is 225 g/mol. The van der Waals surface area contributed by atoms with Gasteiger partial charge in [0.05, 0.1) is 5.60 Å². The number of carboxylic acid groups (broad SMARTS) is 1. The Bertz CT molecular complexity index is 239. The molecule has 0 bridgehead atoms. The molecule has 3 N–H and O–H groups in total. The van der Waals surface area contributed by atoms with Crippen molar-refractivity contribution in [3.8, 4) is 0 Å². The summed E-state index contributed by atoms with van der Waals surface area (Å²) in [6, 6.07) is 0. The first kappa shape index (κ1) is 18.2. The van der Waals surface area contributed by atoms with Gasteiger partial charge in [-0.2, -0.15) is 0 Å². The standard InChI is InChI=1S/C9H17NO5.Na/c1-9(2,15)5-6(11)8(14)10-4-3-7(12)13;/h6,11,15H,3-5H2,1-2H3,(H,10,14)(H,12,13);/q;+1/p-1/t6-;/m1./s1. The summed E-state index contributed by atoms with van der Waals surface area (Å²) in [6.07, 6.45) is -1.75. The minimum Gasteiger partial charge on any atom is -0.550 e. The number of aliphatic carboxylic acids is 1. The number of amides is 1. The number of rotatable bonds is 6. The molecule has 0 aromatic rings. The fourth-order valence-corrected chi connectivity index (χ4v) is 0.971. The molecular formula is C9H16NNaO5. The zero-order valence-electron chi connectivity index (χ0n) is 9.82. The minimum absolute atomic E-state index is 0. The van der Waals surface area contributed by atoms with E-state index < -0.39 is 23.6 Å². The Kier molecular flexibility index (Phi) is 9.14. The second-order valence-corrected chi connectivity index (χ2v) is 3.95. The molecule has 0 aromatic heterocycles. The molecule has 88 valence electrons. The summed E-state index contributed by atoms with van der Waals surface area (Å²) >= 11 is 0. The van der Waals surface area contributed by atoms with E-state index in [0.717, 1.165) is 0 Å². The molecule has 0 spiro atoms. The maximum Gasteiger partial charge on any atom is 1.00 e. The van der Waals surface area contributed by atoms with Crippen molar-refractivity contribution in [1.29, 1.82) is 0 Å². The van der Waals surface area contributed by atoms with Gasteiger partial charge in [-0.25, -0.2) is 0 Å². The number of carbonyl (C=O) groups excluding carboxylic acids is 2. The zero-order valence-corrected chi connectivity index (χ0v) is 11.8. The fraction of sp³-hybridized carbons (Fsp3) is 0.778. The van der Waals surface area contributed by atoms with Crippen LogP contribution >= 0.6 is 0 Å². The Morgan fingerprint density at radius 2 is 1.94 bits per heavy atom. The van der Waals surface area contributed by atoms with Gasteiger partial charge in [0.15, 0.2) is 0 Å². The summed E-state index contributed by atoms with van der Waals surface area (Å²) in [6.45, 7) is 2.83. The van der Waals surface area contributed by atoms with Crippen molar-refractivity contribution in [3.63, 3.8) is 0 Å². The number of hydrogen-bond acceptors (Lipinski definition) is 5. The third-order valence-electron chi connectivity index (χ3n) is 1.62. The van der Waals surface area contributed by atoms with Crippen molar-refractivity contribution in [2.75, 3.05) is 6.54 Å². The summed E-state index contributed by atoms with van der Waals surface area (Å²) in [5.41, 5.74) is -1.15. The van der Waals surface area contributed by atoms with Crippen LogP contribution in [-0.4, -0.2) is 40.3 Å². The number of hydrogen-bond donors (Lipinski definition) is 3.